The van der Waals surface area contributed by atoms with Gasteiger partial charge < -0.3 is 5.32 Å². The average Bonchev–Trinajstić information content (AvgIpc) is 2.43. The molecule has 0 fully saturated rings. The van der Waals surface area contributed by atoms with Crippen molar-refractivity contribution >= 4 is 21.6 Å². The molecule has 0 radical (unpaired) electrons. The molecule has 0 amide bonds. The number of nitrogens with zero attached hydrogens (tertiary/aromatic N) is 2. The van der Waals surface area contributed by atoms with E-state index in [1.165, 1.54) is 16.8 Å². The van der Waals surface area contributed by atoms with Gasteiger partial charge >= 0.3 is 0 Å². The number of halogens is 2. The molecule has 0 bridgehead atoms. The number of nitrogens with one attached hydrogen (secondary N) is 1. The topological polar surface area (TPSA) is 46.9 Å². The SMILES string of the molecule is Cn1ncc(NCCCc2cccc(F)c2)c(Br)c1=O. The molecule has 0 saturated carbocycles. The van der Waals surface area contributed by atoms with E-state index in [-0.39, 0.29) is 11.4 Å². The van der Waals surface area contributed by atoms with Crippen LogP contribution in [0.2, 0.25) is 0 Å². The Morgan fingerprint density at radius 3 is 3.00 bits per heavy atom. The molecule has 6 heteroatoms. The highest BCUT2D eigenvalue weighted by atomic mass is 79.9. The predicted molar refractivity (Wildman–Crippen MR) is 80.4 cm³/mol. The van der Waals surface area contributed by atoms with Crippen LogP contribution in [-0.2, 0) is 13.5 Å². The maximum Gasteiger partial charge on any atom is 0.282 e. The zero-order valence-electron chi connectivity index (χ0n) is 11.1. The lowest BCUT2D eigenvalue weighted by Crippen LogP contribution is -2.21. The summed E-state index contributed by atoms with van der Waals surface area (Å²) in [7, 11) is 1.60. The molecule has 0 saturated heterocycles. The Balaban J connectivity index is 1.88. The monoisotopic (exact) mass is 339 g/mol. The number of aryl methyl sites for hydroxylation is 2. The largest absolute Gasteiger partial charge is 0.383 e. The lowest BCUT2D eigenvalue weighted by molar-refractivity contribution is 0.624. The lowest BCUT2D eigenvalue weighted by atomic mass is 10.1. The fraction of sp³-hybridized carbons (Fsp3) is 0.286. The second-order valence-corrected chi connectivity index (χ2v) is 5.25. The van der Waals surface area contributed by atoms with E-state index in [0.717, 1.165) is 18.4 Å². The summed E-state index contributed by atoms with van der Waals surface area (Å²) in [6.45, 7) is 0.684. The zero-order valence-corrected chi connectivity index (χ0v) is 12.7. The second kappa shape index (κ2) is 6.65. The van der Waals surface area contributed by atoms with Crippen molar-refractivity contribution in [2.24, 2.45) is 7.05 Å². The average molecular weight is 340 g/mol. The van der Waals surface area contributed by atoms with Gasteiger partial charge in [0.25, 0.3) is 5.56 Å². The molecule has 1 aromatic carbocycles. The molecule has 1 heterocycles. The van der Waals surface area contributed by atoms with Gasteiger partial charge in [0.1, 0.15) is 10.3 Å². The van der Waals surface area contributed by atoms with E-state index in [1.807, 2.05) is 6.07 Å². The Kier molecular flexibility index (Phi) is 4.89. The smallest absolute Gasteiger partial charge is 0.282 e. The summed E-state index contributed by atoms with van der Waals surface area (Å²) in [6.07, 6.45) is 3.22. The Morgan fingerprint density at radius 1 is 1.45 bits per heavy atom. The maximum atomic E-state index is 13.0. The van der Waals surface area contributed by atoms with Crippen LogP contribution in [0, 0.1) is 5.82 Å². The summed E-state index contributed by atoms with van der Waals surface area (Å²) in [5, 5.41) is 7.10. The molecule has 4 nitrogen and oxygen atoms in total. The molecule has 2 rings (SSSR count). The summed E-state index contributed by atoms with van der Waals surface area (Å²) < 4.78 is 14.7. The molecule has 0 spiro atoms. The first-order valence-electron chi connectivity index (χ1n) is 6.28. The Hall–Kier alpha value is -1.69. The highest BCUT2D eigenvalue weighted by Gasteiger charge is 2.05. The van der Waals surface area contributed by atoms with Crippen molar-refractivity contribution in [3.63, 3.8) is 0 Å². The fourth-order valence-corrected chi connectivity index (χ4v) is 2.34. The first-order valence-corrected chi connectivity index (χ1v) is 7.07. The third-order valence-electron chi connectivity index (χ3n) is 2.92. The molecular formula is C14H15BrFN3O. The predicted octanol–water partition coefficient (Wildman–Crippen LogP) is 2.73. The first-order chi connectivity index (χ1) is 9.58. The van der Waals surface area contributed by atoms with Gasteiger partial charge in [-0.15, -0.1) is 0 Å². The maximum absolute atomic E-state index is 13.0. The van der Waals surface area contributed by atoms with Gasteiger partial charge in [-0.2, -0.15) is 5.10 Å². The highest BCUT2D eigenvalue weighted by molar-refractivity contribution is 9.10. The molecule has 0 atom stereocenters. The molecule has 0 aliphatic heterocycles. The number of aromatic nitrogens is 2. The van der Waals surface area contributed by atoms with E-state index in [0.29, 0.717) is 16.7 Å². The third kappa shape index (κ3) is 3.66. The van der Waals surface area contributed by atoms with Crippen molar-refractivity contribution in [3.8, 4) is 0 Å². The van der Waals surface area contributed by atoms with Crippen LogP contribution in [0.15, 0.2) is 39.7 Å². The van der Waals surface area contributed by atoms with Crippen LogP contribution < -0.4 is 10.9 Å². The normalized spacial score (nSPS) is 10.6. The van der Waals surface area contributed by atoms with Crippen LogP contribution in [0.5, 0.6) is 0 Å². The first kappa shape index (κ1) is 14.7. The summed E-state index contributed by atoms with van der Waals surface area (Å²) in [6, 6.07) is 6.58. The van der Waals surface area contributed by atoms with Gasteiger partial charge in [-0.25, -0.2) is 9.07 Å². The summed E-state index contributed by atoms with van der Waals surface area (Å²) in [5.41, 5.74) is 1.46. The Bertz CT molecular complexity index is 657. The summed E-state index contributed by atoms with van der Waals surface area (Å²) >= 11 is 3.25. The van der Waals surface area contributed by atoms with Crippen molar-refractivity contribution in [2.45, 2.75) is 12.8 Å². The summed E-state index contributed by atoms with van der Waals surface area (Å²) in [5.74, 6) is -0.214. The quantitative estimate of drug-likeness (QED) is 0.852. The van der Waals surface area contributed by atoms with Crippen LogP contribution in [0.1, 0.15) is 12.0 Å². The Morgan fingerprint density at radius 2 is 2.25 bits per heavy atom. The van der Waals surface area contributed by atoms with E-state index in [1.54, 1.807) is 19.3 Å². The van der Waals surface area contributed by atoms with Gasteiger partial charge in [0.05, 0.1) is 11.9 Å². The molecule has 0 aliphatic carbocycles. The van der Waals surface area contributed by atoms with Crippen molar-refractivity contribution in [3.05, 3.63) is 56.7 Å². The number of anilines is 1. The molecule has 20 heavy (non-hydrogen) atoms. The van der Waals surface area contributed by atoms with E-state index in [9.17, 15) is 9.18 Å². The van der Waals surface area contributed by atoms with Crippen LogP contribution in [0.3, 0.4) is 0 Å². The van der Waals surface area contributed by atoms with Crippen molar-refractivity contribution in [1.29, 1.82) is 0 Å². The summed E-state index contributed by atoms with van der Waals surface area (Å²) in [4.78, 5) is 11.7. The molecule has 2 aromatic rings. The molecular weight excluding hydrogens is 325 g/mol. The molecule has 1 N–H and O–H groups in total. The van der Waals surface area contributed by atoms with Gasteiger partial charge in [-0.3, -0.25) is 4.79 Å². The zero-order chi connectivity index (χ0) is 14.5. The van der Waals surface area contributed by atoms with Gasteiger partial charge in [0, 0.05) is 13.6 Å². The van der Waals surface area contributed by atoms with Gasteiger partial charge in [0.2, 0.25) is 0 Å². The van der Waals surface area contributed by atoms with E-state index in [4.69, 9.17) is 0 Å². The molecule has 0 unspecified atom stereocenters. The molecule has 0 aliphatic rings. The highest BCUT2D eigenvalue weighted by Crippen LogP contribution is 2.16. The van der Waals surface area contributed by atoms with E-state index in [2.05, 4.69) is 26.3 Å². The van der Waals surface area contributed by atoms with Crippen LogP contribution in [0.4, 0.5) is 10.1 Å². The van der Waals surface area contributed by atoms with Crippen LogP contribution in [0.25, 0.3) is 0 Å². The van der Waals surface area contributed by atoms with Gasteiger partial charge in [-0.1, -0.05) is 12.1 Å². The Labute approximate surface area is 124 Å². The van der Waals surface area contributed by atoms with Crippen LogP contribution >= 0.6 is 15.9 Å². The number of hydrogen-bond acceptors (Lipinski definition) is 3. The minimum atomic E-state index is -0.214. The fourth-order valence-electron chi connectivity index (χ4n) is 1.84. The number of hydrogen-bond donors (Lipinski definition) is 1. The van der Waals surface area contributed by atoms with Gasteiger partial charge in [-0.05, 0) is 46.5 Å². The number of benzene rings is 1. The van der Waals surface area contributed by atoms with Crippen molar-refractivity contribution in [1.82, 2.24) is 9.78 Å². The minimum absolute atomic E-state index is 0.180. The van der Waals surface area contributed by atoms with Crippen molar-refractivity contribution in [2.75, 3.05) is 11.9 Å². The number of rotatable bonds is 5. The van der Waals surface area contributed by atoms with Crippen molar-refractivity contribution < 1.29 is 4.39 Å². The lowest BCUT2D eigenvalue weighted by Gasteiger charge is -2.08. The second-order valence-electron chi connectivity index (χ2n) is 4.46. The van der Waals surface area contributed by atoms with Crippen LogP contribution in [-0.4, -0.2) is 16.3 Å². The third-order valence-corrected chi connectivity index (χ3v) is 3.69. The standard InChI is InChI=1S/C14H15BrFN3O/c1-19-14(20)13(15)12(9-18-19)17-7-3-5-10-4-2-6-11(16)8-10/h2,4,6,8-9,17H,3,5,7H2,1H3. The molecule has 106 valence electrons. The van der Waals surface area contributed by atoms with Gasteiger partial charge in [0.15, 0.2) is 0 Å². The van der Waals surface area contributed by atoms with E-state index >= 15 is 0 Å². The van der Waals surface area contributed by atoms with E-state index < -0.39 is 0 Å². The molecule has 1 aromatic heterocycles. The minimum Gasteiger partial charge on any atom is -0.383 e.